The van der Waals surface area contributed by atoms with Gasteiger partial charge >= 0.3 is 0 Å². The highest BCUT2D eigenvalue weighted by molar-refractivity contribution is 5.97. The number of carbonyl (C=O) groups excluding carboxylic acids is 1. The number of guanidine groups is 1. The summed E-state index contributed by atoms with van der Waals surface area (Å²) < 4.78 is 16.1. The topological polar surface area (TPSA) is 84.4 Å². The number of ether oxygens (including phenoxy) is 3. The molecule has 30 heavy (non-hydrogen) atoms. The van der Waals surface area contributed by atoms with Crippen LogP contribution in [-0.4, -0.2) is 52.3 Å². The summed E-state index contributed by atoms with van der Waals surface area (Å²) in [5.74, 6) is 2.68. The summed E-state index contributed by atoms with van der Waals surface area (Å²) in [7, 11) is 3.21. The van der Waals surface area contributed by atoms with E-state index in [1.54, 1.807) is 19.1 Å². The number of aliphatic imine (C=N–C) groups is 1. The molecule has 8 nitrogen and oxygen atoms in total. The first-order valence-electron chi connectivity index (χ1n) is 9.95. The van der Waals surface area contributed by atoms with Crippen LogP contribution in [0.3, 0.4) is 0 Å². The molecule has 0 unspecified atom stereocenters. The highest BCUT2D eigenvalue weighted by atomic mass is 16.5. The van der Waals surface area contributed by atoms with Crippen molar-refractivity contribution in [2.24, 2.45) is 4.99 Å². The number of benzene rings is 2. The molecule has 0 saturated carbocycles. The molecule has 0 spiro atoms. The number of nitrogens with one attached hydrogen (secondary N) is 2. The zero-order valence-corrected chi connectivity index (χ0v) is 17.6. The van der Waals surface area contributed by atoms with Crippen LogP contribution in [0.1, 0.15) is 13.3 Å². The molecular weight excluding hydrogens is 384 g/mol. The highest BCUT2D eigenvalue weighted by Gasteiger charge is 2.24. The molecule has 0 saturated heterocycles. The zero-order chi connectivity index (χ0) is 21.3. The van der Waals surface area contributed by atoms with Crippen molar-refractivity contribution in [3.05, 3.63) is 42.5 Å². The summed E-state index contributed by atoms with van der Waals surface area (Å²) in [6.45, 7) is 3.96. The molecule has 0 fully saturated rings. The minimum Gasteiger partial charge on any atom is -0.493 e. The minimum absolute atomic E-state index is 0.0342. The lowest BCUT2D eigenvalue weighted by Crippen LogP contribution is -2.39. The number of para-hydroxylation sites is 2. The molecule has 2 aromatic rings. The third-order valence-electron chi connectivity index (χ3n) is 4.61. The van der Waals surface area contributed by atoms with E-state index in [1.165, 1.54) is 0 Å². The van der Waals surface area contributed by atoms with Crippen molar-refractivity contribution in [3.8, 4) is 17.2 Å². The van der Waals surface area contributed by atoms with Gasteiger partial charge in [-0.15, -0.1) is 0 Å². The van der Waals surface area contributed by atoms with E-state index in [0.717, 1.165) is 30.1 Å². The first-order chi connectivity index (χ1) is 14.7. The van der Waals surface area contributed by atoms with Crippen LogP contribution >= 0.6 is 0 Å². The van der Waals surface area contributed by atoms with E-state index in [4.69, 9.17) is 14.2 Å². The van der Waals surface area contributed by atoms with E-state index in [9.17, 15) is 4.79 Å². The molecule has 1 aliphatic rings. The Balaban J connectivity index is 1.61. The van der Waals surface area contributed by atoms with Gasteiger partial charge in [0.15, 0.2) is 24.1 Å². The number of nitrogens with zero attached hydrogens (tertiary/aromatic N) is 2. The number of rotatable bonds is 8. The van der Waals surface area contributed by atoms with Crippen molar-refractivity contribution in [3.63, 3.8) is 0 Å². The predicted octanol–water partition coefficient (Wildman–Crippen LogP) is 2.90. The molecule has 0 aromatic heterocycles. The molecular formula is C22H28N4O4. The first-order valence-corrected chi connectivity index (χ1v) is 9.95. The number of hydrogen-bond acceptors (Lipinski definition) is 5. The maximum absolute atomic E-state index is 12.3. The van der Waals surface area contributed by atoms with Crippen LogP contribution in [0, 0.1) is 0 Å². The van der Waals surface area contributed by atoms with Crippen LogP contribution < -0.4 is 29.7 Å². The lowest BCUT2D eigenvalue weighted by Gasteiger charge is -2.29. The Morgan fingerprint density at radius 3 is 2.73 bits per heavy atom. The molecule has 2 aromatic carbocycles. The quantitative estimate of drug-likeness (QED) is 0.394. The van der Waals surface area contributed by atoms with Gasteiger partial charge in [-0.2, -0.15) is 0 Å². The number of amides is 1. The van der Waals surface area contributed by atoms with Crippen molar-refractivity contribution in [1.82, 2.24) is 5.32 Å². The Labute approximate surface area is 176 Å². The Morgan fingerprint density at radius 2 is 1.97 bits per heavy atom. The van der Waals surface area contributed by atoms with Crippen molar-refractivity contribution >= 4 is 23.2 Å². The molecule has 8 heteroatoms. The van der Waals surface area contributed by atoms with Gasteiger partial charge in [0.2, 0.25) is 0 Å². The normalized spacial score (nSPS) is 13.4. The molecule has 3 rings (SSSR count). The Hall–Kier alpha value is -3.42. The SMILES string of the molecule is CCNC(=NCCCN1C(=O)COc2ccccc21)Nc1ccc(OC)c(OC)c1. The van der Waals surface area contributed by atoms with Gasteiger partial charge in [-0.05, 0) is 37.6 Å². The molecule has 1 aliphatic heterocycles. The van der Waals surface area contributed by atoms with Crippen LogP contribution in [0.25, 0.3) is 0 Å². The van der Waals surface area contributed by atoms with Crippen molar-refractivity contribution in [1.29, 1.82) is 0 Å². The van der Waals surface area contributed by atoms with Gasteiger partial charge in [0, 0.05) is 31.4 Å². The van der Waals surface area contributed by atoms with Crippen molar-refractivity contribution < 1.29 is 19.0 Å². The number of methoxy groups -OCH3 is 2. The molecule has 1 heterocycles. The standard InChI is InChI=1S/C22H28N4O4/c1-4-23-22(25-16-10-11-19(28-2)20(14-16)29-3)24-12-7-13-26-17-8-5-6-9-18(17)30-15-21(26)27/h5-6,8-11,14H,4,7,12-13,15H2,1-3H3,(H2,23,24,25). The third kappa shape index (κ3) is 5.14. The number of carbonyl (C=O) groups is 1. The van der Waals surface area contributed by atoms with Gasteiger partial charge in [0.05, 0.1) is 19.9 Å². The minimum atomic E-state index is -0.0342. The van der Waals surface area contributed by atoms with Crippen LogP contribution in [0.15, 0.2) is 47.5 Å². The second-order valence-electron chi connectivity index (χ2n) is 6.61. The Bertz CT molecular complexity index is 900. The molecule has 0 radical (unpaired) electrons. The van der Waals surface area contributed by atoms with E-state index in [1.807, 2.05) is 49.4 Å². The van der Waals surface area contributed by atoms with Gasteiger partial charge in [0.25, 0.3) is 5.91 Å². The Kier molecular flexibility index (Phi) is 7.37. The Morgan fingerprint density at radius 1 is 1.17 bits per heavy atom. The lowest BCUT2D eigenvalue weighted by molar-refractivity contribution is -0.121. The van der Waals surface area contributed by atoms with Gasteiger partial charge in [-0.25, -0.2) is 0 Å². The summed E-state index contributed by atoms with van der Waals surface area (Å²) in [4.78, 5) is 18.7. The van der Waals surface area contributed by atoms with Crippen LogP contribution in [0.4, 0.5) is 11.4 Å². The van der Waals surface area contributed by atoms with Gasteiger partial charge in [-0.1, -0.05) is 12.1 Å². The van der Waals surface area contributed by atoms with Crippen LogP contribution in [0.2, 0.25) is 0 Å². The van der Waals surface area contributed by atoms with E-state index >= 15 is 0 Å². The number of hydrogen-bond donors (Lipinski definition) is 2. The summed E-state index contributed by atoms with van der Waals surface area (Å²) >= 11 is 0. The lowest BCUT2D eigenvalue weighted by atomic mass is 10.2. The number of fused-ring (bicyclic) bond motifs is 1. The zero-order valence-electron chi connectivity index (χ0n) is 17.6. The molecule has 0 aliphatic carbocycles. The predicted molar refractivity (Wildman–Crippen MR) is 118 cm³/mol. The maximum Gasteiger partial charge on any atom is 0.265 e. The van der Waals surface area contributed by atoms with Crippen LogP contribution in [0.5, 0.6) is 17.2 Å². The molecule has 0 bridgehead atoms. The third-order valence-corrected chi connectivity index (χ3v) is 4.61. The first kappa shape index (κ1) is 21.3. The van der Waals surface area contributed by atoms with Gasteiger partial charge in [0.1, 0.15) is 5.75 Å². The molecule has 160 valence electrons. The van der Waals surface area contributed by atoms with E-state index < -0.39 is 0 Å². The van der Waals surface area contributed by atoms with E-state index in [-0.39, 0.29) is 12.5 Å². The summed E-state index contributed by atoms with van der Waals surface area (Å²) in [5, 5.41) is 6.50. The second-order valence-corrected chi connectivity index (χ2v) is 6.61. The smallest absolute Gasteiger partial charge is 0.265 e. The van der Waals surface area contributed by atoms with E-state index in [2.05, 4.69) is 15.6 Å². The van der Waals surface area contributed by atoms with Crippen molar-refractivity contribution in [2.75, 3.05) is 50.7 Å². The summed E-state index contributed by atoms with van der Waals surface area (Å²) in [5.41, 5.74) is 1.65. The largest absolute Gasteiger partial charge is 0.493 e. The van der Waals surface area contributed by atoms with Crippen molar-refractivity contribution in [2.45, 2.75) is 13.3 Å². The fourth-order valence-electron chi connectivity index (χ4n) is 3.18. The van der Waals surface area contributed by atoms with Gasteiger partial charge in [-0.3, -0.25) is 9.79 Å². The second kappa shape index (κ2) is 10.4. The summed E-state index contributed by atoms with van der Waals surface area (Å²) in [6, 6.07) is 13.2. The van der Waals surface area contributed by atoms with E-state index in [0.29, 0.717) is 30.5 Å². The highest BCUT2D eigenvalue weighted by Crippen LogP contribution is 2.31. The molecule has 2 N–H and O–H groups in total. The number of anilines is 2. The fourth-order valence-corrected chi connectivity index (χ4v) is 3.18. The maximum atomic E-state index is 12.3. The average Bonchev–Trinajstić information content (AvgIpc) is 2.77. The summed E-state index contributed by atoms with van der Waals surface area (Å²) in [6.07, 6.45) is 0.725. The molecule has 0 atom stereocenters. The fraction of sp³-hybridized carbons (Fsp3) is 0.364. The van der Waals surface area contributed by atoms with Crippen LogP contribution in [-0.2, 0) is 4.79 Å². The average molecular weight is 412 g/mol. The molecule has 1 amide bonds. The van der Waals surface area contributed by atoms with Gasteiger partial charge < -0.3 is 29.7 Å². The monoisotopic (exact) mass is 412 g/mol.